The molecule has 0 bridgehead atoms. The van der Waals surface area contributed by atoms with Crippen LogP contribution in [0.15, 0.2) is 12.1 Å². The summed E-state index contributed by atoms with van der Waals surface area (Å²) in [7, 11) is 0. The van der Waals surface area contributed by atoms with Crippen LogP contribution in [-0.2, 0) is 4.79 Å². The van der Waals surface area contributed by atoms with E-state index < -0.39 is 4.92 Å². The SMILES string of the molecule is CC(N)CCNc1cc2c(cc1[N+](=O)[O-])OCC(=O)N2. The van der Waals surface area contributed by atoms with Crippen molar-refractivity contribution in [3.05, 3.63) is 22.2 Å². The number of hydrogen-bond donors (Lipinski definition) is 3. The van der Waals surface area contributed by atoms with Crippen LogP contribution in [-0.4, -0.2) is 30.0 Å². The van der Waals surface area contributed by atoms with Gasteiger partial charge < -0.3 is 21.1 Å². The average molecular weight is 280 g/mol. The first kappa shape index (κ1) is 14.1. The van der Waals surface area contributed by atoms with Crippen molar-refractivity contribution in [1.82, 2.24) is 0 Å². The van der Waals surface area contributed by atoms with Gasteiger partial charge in [0.15, 0.2) is 12.4 Å². The van der Waals surface area contributed by atoms with E-state index >= 15 is 0 Å². The maximum absolute atomic E-state index is 11.3. The Morgan fingerprint density at radius 1 is 1.60 bits per heavy atom. The molecule has 1 heterocycles. The van der Waals surface area contributed by atoms with Crippen molar-refractivity contribution in [2.45, 2.75) is 19.4 Å². The highest BCUT2D eigenvalue weighted by Crippen LogP contribution is 2.37. The second kappa shape index (κ2) is 5.74. The van der Waals surface area contributed by atoms with Crippen LogP contribution in [0.3, 0.4) is 0 Å². The van der Waals surface area contributed by atoms with E-state index in [2.05, 4.69) is 10.6 Å². The predicted molar refractivity (Wildman–Crippen MR) is 74.0 cm³/mol. The lowest BCUT2D eigenvalue weighted by Crippen LogP contribution is -2.25. The van der Waals surface area contributed by atoms with Gasteiger partial charge in [-0.3, -0.25) is 14.9 Å². The Bertz CT molecular complexity index is 545. The van der Waals surface area contributed by atoms with Gasteiger partial charge in [-0.25, -0.2) is 0 Å². The molecular formula is C12H16N4O4. The summed E-state index contributed by atoms with van der Waals surface area (Å²) in [4.78, 5) is 21.8. The van der Waals surface area contributed by atoms with Crippen LogP contribution >= 0.6 is 0 Å². The second-order valence-electron chi connectivity index (χ2n) is 4.65. The first-order chi connectivity index (χ1) is 9.47. The molecule has 20 heavy (non-hydrogen) atoms. The number of nitrogens with two attached hydrogens (primary N) is 1. The fourth-order valence-electron chi connectivity index (χ4n) is 1.84. The van der Waals surface area contributed by atoms with E-state index in [1.54, 1.807) is 0 Å². The summed E-state index contributed by atoms with van der Waals surface area (Å²) >= 11 is 0. The lowest BCUT2D eigenvalue weighted by Gasteiger charge is -2.19. The van der Waals surface area contributed by atoms with E-state index in [1.807, 2.05) is 6.92 Å². The van der Waals surface area contributed by atoms with Gasteiger partial charge in [0.2, 0.25) is 0 Å². The minimum Gasteiger partial charge on any atom is -0.481 e. The zero-order valence-electron chi connectivity index (χ0n) is 11.0. The van der Waals surface area contributed by atoms with Gasteiger partial charge in [0.25, 0.3) is 11.6 Å². The molecule has 0 aliphatic carbocycles. The van der Waals surface area contributed by atoms with Crippen molar-refractivity contribution in [3.63, 3.8) is 0 Å². The molecule has 8 nitrogen and oxygen atoms in total. The fraction of sp³-hybridized carbons (Fsp3) is 0.417. The van der Waals surface area contributed by atoms with E-state index in [1.165, 1.54) is 12.1 Å². The first-order valence-electron chi connectivity index (χ1n) is 6.22. The number of carbonyl (C=O) groups is 1. The lowest BCUT2D eigenvalue weighted by molar-refractivity contribution is -0.384. The molecule has 4 N–H and O–H groups in total. The molecule has 0 fully saturated rings. The van der Waals surface area contributed by atoms with Gasteiger partial charge in [-0.2, -0.15) is 0 Å². The number of hydrogen-bond acceptors (Lipinski definition) is 6. The zero-order valence-corrected chi connectivity index (χ0v) is 11.0. The molecule has 0 radical (unpaired) electrons. The largest absolute Gasteiger partial charge is 0.481 e. The number of rotatable bonds is 5. The number of benzene rings is 1. The quantitative estimate of drug-likeness (QED) is 0.548. The number of carbonyl (C=O) groups excluding carboxylic acids is 1. The molecule has 1 aliphatic heterocycles. The van der Waals surface area contributed by atoms with Crippen LogP contribution in [0.2, 0.25) is 0 Å². The average Bonchev–Trinajstić information content (AvgIpc) is 2.37. The minimum atomic E-state index is -0.492. The van der Waals surface area contributed by atoms with Crippen LogP contribution in [0.1, 0.15) is 13.3 Å². The molecule has 1 unspecified atom stereocenters. The summed E-state index contributed by atoms with van der Waals surface area (Å²) in [5.41, 5.74) is 6.30. The Kier molecular flexibility index (Phi) is 4.04. The Morgan fingerprint density at radius 3 is 3.00 bits per heavy atom. The molecule has 8 heteroatoms. The van der Waals surface area contributed by atoms with Crippen LogP contribution in [0, 0.1) is 10.1 Å². The van der Waals surface area contributed by atoms with Crippen LogP contribution in [0.4, 0.5) is 17.1 Å². The maximum atomic E-state index is 11.3. The Labute approximate surface area is 115 Å². The van der Waals surface area contributed by atoms with Crippen molar-refractivity contribution in [2.75, 3.05) is 23.8 Å². The van der Waals surface area contributed by atoms with E-state index in [0.717, 1.165) is 0 Å². The molecule has 1 aromatic carbocycles. The third-order valence-corrected chi connectivity index (χ3v) is 2.84. The smallest absolute Gasteiger partial charge is 0.296 e. The van der Waals surface area contributed by atoms with E-state index in [9.17, 15) is 14.9 Å². The Hall–Kier alpha value is -2.35. The Balaban J connectivity index is 2.26. The van der Waals surface area contributed by atoms with Gasteiger partial charge in [0.05, 0.1) is 16.7 Å². The van der Waals surface area contributed by atoms with Crippen molar-refractivity contribution in [2.24, 2.45) is 5.73 Å². The van der Waals surface area contributed by atoms with Crippen molar-refractivity contribution in [3.8, 4) is 5.75 Å². The summed E-state index contributed by atoms with van der Waals surface area (Å²) in [5.74, 6) is 0.0157. The highest BCUT2D eigenvalue weighted by atomic mass is 16.6. The number of fused-ring (bicyclic) bond motifs is 1. The van der Waals surface area contributed by atoms with E-state index in [-0.39, 0.29) is 24.2 Å². The summed E-state index contributed by atoms with van der Waals surface area (Å²) < 4.78 is 5.16. The number of nitro groups is 1. The lowest BCUT2D eigenvalue weighted by atomic mass is 10.2. The van der Waals surface area contributed by atoms with Gasteiger partial charge in [-0.1, -0.05) is 0 Å². The summed E-state index contributed by atoms with van der Waals surface area (Å²) in [6.45, 7) is 2.23. The third-order valence-electron chi connectivity index (χ3n) is 2.84. The predicted octanol–water partition coefficient (Wildman–Crippen LogP) is 1.07. The molecule has 2 rings (SSSR count). The van der Waals surface area contributed by atoms with Crippen LogP contribution in [0.25, 0.3) is 0 Å². The molecule has 0 aromatic heterocycles. The van der Waals surface area contributed by atoms with Gasteiger partial charge in [0, 0.05) is 12.6 Å². The molecule has 108 valence electrons. The van der Waals surface area contributed by atoms with Gasteiger partial charge in [-0.05, 0) is 19.4 Å². The maximum Gasteiger partial charge on any atom is 0.296 e. The zero-order chi connectivity index (χ0) is 14.7. The Morgan fingerprint density at radius 2 is 2.35 bits per heavy atom. The first-order valence-corrected chi connectivity index (χ1v) is 6.22. The van der Waals surface area contributed by atoms with E-state index in [0.29, 0.717) is 30.1 Å². The molecule has 0 saturated carbocycles. The van der Waals surface area contributed by atoms with Gasteiger partial charge in [0.1, 0.15) is 5.69 Å². The molecular weight excluding hydrogens is 264 g/mol. The summed E-state index contributed by atoms with van der Waals surface area (Å²) in [5, 5.41) is 16.6. The molecule has 1 amide bonds. The monoisotopic (exact) mass is 280 g/mol. The van der Waals surface area contributed by atoms with E-state index in [4.69, 9.17) is 10.5 Å². The van der Waals surface area contributed by atoms with Gasteiger partial charge >= 0.3 is 0 Å². The second-order valence-corrected chi connectivity index (χ2v) is 4.65. The fourth-order valence-corrected chi connectivity index (χ4v) is 1.84. The van der Waals surface area contributed by atoms with Crippen LogP contribution in [0.5, 0.6) is 5.75 Å². The molecule has 0 saturated heterocycles. The van der Waals surface area contributed by atoms with Crippen molar-refractivity contribution >= 4 is 23.0 Å². The molecule has 1 atom stereocenters. The number of nitro benzene ring substituents is 1. The number of ether oxygens (including phenoxy) is 1. The number of nitrogens with zero attached hydrogens (tertiary/aromatic N) is 1. The highest BCUT2D eigenvalue weighted by Gasteiger charge is 2.23. The molecule has 0 spiro atoms. The molecule has 1 aromatic rings. The standard InChI is InChI=1S/C12H16N4O4/c1-7(13)2-3-14-8-4-9-11(5-10(8)16(18)19)20-6-12(17)15-9/h4-5,7,14H,2-3,6,13H2,1H3,(H,15,17). The number of nitrogens with one attached hydrogen (secondary N) is 2. The normalized spacial score (nSPS) is 14.8. The van der Waals surface area contributed by atoms with Gasteiger partial charge in [-0.15, -0.1) is 0 Å². The third kappa shape index (κ3) is 3.15. The molecule has 1 aliphatic rings. The topological polar surface area (TPSA) is 120 Å². The number of anilines is 2. The summed E-state index contributed by atoms with van der Waals surface area (Å²) in [6.07, 6.45) is 0.678. The van der Waals surface area contributed by atoms with Crippen LogP contribution < -0.4 is 21.1 Å². The number of amides is 1. The minimum absolute atomic E-state index is 0.00206. The summed E-state index contributed by atoms with van der Waals surface area (Å²) in [6, 6.07) is 2.82. The van der Waals surface area contributed by atoms with Crippen molar-refractivity contribution < 1.29 is 14.5 Å². The highest BCUT2D eigenvalue weighted by molar-refractivity contribution is 5.96. The van der Waals surface area contributed by atoms with Crippen molar-refractivity contribution in [1.29, 1.82) is 0 Å².